The van der Waals surface area contributed by atoms with Crippen molar-refractivity contribution in [2.75, 3.05) is 44.2 Å². The predicted octanol–water partition coefficient (Wildman–Crippen LogP) is 3.01. The van der Waals surface area contributed by atoms with Crippen LogP contribution in [0.5, 0.6) is 0 Å². The van der Waals surface area contributed by atoms with Crippen LogP contribution < -0.4 is 4.90 Å². The monoisotopic (exact) mass is 371 g/mol. The maximum atomic E-state index is 12.8. The summed E-state index contributed by atoms with van der Waals surface area (Å²) in [4.78, 5) is 31.7. The SMILES string of the molecule is CCN(C(=O)CN1CCC(C(=O)N2CCCC(C)C2)CC1)c1ccccc1. The van der Waals surface area contributed by atoms with Crippen LogP contribution in [0.4, 0.5) is 5.69 Å². The van der Waals surface area contributed by atoms with E-state index in [0.717, 1.165) is 51.1 Å². The van der Waals surface area contributed by atoms with E-state index in [0.29, 0.717) is 24.9 Å². The van der Waals surface area contributed by atoms with Crippen LogP contribution in [0.25, 0.3) is 0 Å². The highest BCUT2D eigenvalue weighted by atomic mass is 16.2. The predicted molar refractivity (Wildman–Crippen MR) is 109 cm³/mol. The third-order valence-corrected chi connectivity index (χ3v) is 5.95. The molecule has 2 aliphatic rings. The number of para-hydroxylation sites is 1. The molecule has 2 heterocycles. The number of anilines is 1. The fourth-order valence-electron chi connectivity index (χ4n) is 4.37. The first-order valence-corrected chi connectivity index (χ1v) is 10.4. The highest BCUT2D eigenvalue weighted by Gasteiger charge is 2.31. The Kier molecular flexibility index (Phi) is 6.89. The second-order valence-electron chi connectivity index (χ2n) is 8.06. The molecule has 2 saturated heterocycles. The van der Waals surface area contributed by atoms with E-state index in [-0.39, 0.29) is 11.8 Å². The summed E-state index contributed by atoms with van der Waals surface area (Å²) < 4.78 is 0. The Labute approximate surface area is 163 Å². The lowest BCUT2D eigenvalue weighted by Crippen LogP contribution is -2.48. The van der Waals surface area contributed by atoms with Crippen molar-refractivity contribution in [1.82, 2.24) is 9.80 Å². The number of rotatable bonds is 5. The van der Waals surface area contributed by atoms with Crippen molar-refractivity contribution in [3.05, 3.63) is 30.3 Å². The summed E-state index contributed by atoms with van der Waals surface area (Å²) in [6.45, 7) is 8.85. The topological polar surface area (TPSA) is 43.9 Å². The highest BCUT2D eigenvalue weighted by Crippen LogP contribution is 2.24. The van der Waals surface area contributed by atoms with Crippen LogP contribution in [0.15, 0.2) is 30.3 Å². The first-order chi connectivity index (χ1) is 13.1. The van der Waals surface area contributed by atoms with Crippen molar-refractivity contribution < 1.29 is 9.59 Å². The van der Waals surface area contributed by atoms with Gasteiger partial charge in [0, 0.05) is 31.2 Å². The van der Waals surface area contributed by atoms with Crippen LogP contribution >= 0.6 is 0 Å². The Morgan fingerprint density at radius 1 is 1.07 bits per heavy atom. The minimum absolute atomic E-state index is 0.137. The van der Waals surface area contributed by atoms with Gasteiger partial charge in [-0.05, 0) is 63.7 Å². The Balaban J connectivity index is 1.49. The smallest absolute Gasteiger partial charge is 0.241 e. The summed E-state index contributed by atoms with van der Waals surface area (Å²) in [6.07, 6.45) is 4.11. The van der Waals surface area contributed by atoms with Gasteiger partial charge in [-0.3, -0.25) is 14.5 Å². The lowest BCUT2D eigenvalue weighted by atomic mass is 9.93. The number of benzene rings is 1. The summed E-state index contributed by atoms with van der Waals surface area (Å²) in [5.74, 6) is 1.24. The molecule has 1 unspecified atom stereocenters. The molecule has 148 valence electrons. The quantitative estimate of drug-likeness (QED) is 0.799. The number of piperidine rings is 2. The summed E-state index contributed by atoms with van der Waals surface area (Å²) in [6, 6.07) is 9.85. The van der Waals surface area contributed by atoms with Crippen LogP contribution in [0.2, 0.25) is 0 Å². The summed E-state index contributed by atoms with van der Waals surface area (Å²) in [7, 11) is 0. The zero-order chi connectivity index (χ0) is 19.2. The zero-order valence-corrected chi connectivity index (χ0v) is 16.8. The van der Waals surface area contributed by atoms with E-state index in [1.54, 1.807) is 0 Å². The molecule has 5 nitrogen and oxygen atoms in total. The lowest BCUT2D eigenvalue weighted by Gasteiger charge is -2.37. The van der Waals surface area contributed by atoms with Gasteiger partial charge < -0.3 is 9.80 Å². The van der Waals surface area contributed by atoms with E-state index in [4.69, 9.17) is 0 Å². The normalized spacial score (nSPS) is 21.9. The fraction of sp³-hybridized carbons (Fsp3) is 0.636. The molecule has 0 aliphatic carbocycles. The minimum Gasteiger partial charge on any atom is -0.342 e. The molecule has 0 bridgehead atoms. The van der Waals surface area contributed by atoms with Crippen molar-refractivity contribution in [2.24, 2.45) is 11.8 Å². The van der Waals surface area contributed by atoms with Gasteiger partial charge in [0.2, 0.25) is 11.8 Å². The van der Waals surface area contributed by atoms with Gasteiger partial charge in [0.15, 0.2) is 0 Å². The van der Waals surface area contributed by atoms with E-state index in [1.807, 2.05) is 42.2 Å². The molecule has 1 aromatic carbocycles. The third kappa shape index (κ3) is 5.10. The van der Waals surface area contributed by atoms with Crippen molar-refractivity contribution in [1.29, 1.82) is 0 Å². The van der Waals surface area contributed by atoms with Gasteiger partial charge in [-0.2, -0.15) is 0 Å². The number of likely N-dealkylation sites (N-methyl/N-ethyl adjacent to an activating group) is 1. The largest absolute Gasteiger partial charge is 0.342 e. The fourth-order valence-corrected chi connectivity index (χ4v) is 4.37. The van der Waals surface area contributed by atoms with Crippen molar-refractivity contribution in [3.63, 3.8) is 0 Å². The van der Waals surface area contributed by atoms with Gasteiger partial charge in [-0.1, -0.05) is 25.1 Å². The van der Waals surface area contributed by atoms with Crippen LogP contribution in [-0.2, 0) is 9.59 Å². The third-order valence-electron chi connectivity index (χ3n) is 5.95. The number of amides is 2. The summed E-state index contributed by atoms with van der Waals surface area (Å²) in [5.41, 5.74) is 0.953. The number of carbonyl (C=O) groups is 2. The average molecular weight is 372 g/mol. The van der Waals surface area contributed by atoms with E-state index < -0.39 is 0 Å². The van der Waals surface area contributed by atoms with Gasteiger partial charge in [-0.15, -0.1) is 0 Å². The molecule has 2 aliphatic heterocycles. The Bertz CT molecular complexity index is 626. The molecule has 0 aromatic heterocycles. The molecule has 2 fully saturated rings. The van der Waals surface area contributed by atoms with Crippen LogP contribution in [0, 0.1) is 11.8 Å². The second-order valence-corrected chi connectivity index (χ2v) is 8.06. The number of likely N-dealkylation sites (tertiary alicyclic amines) is 2. The zero-order valence-electron chi connectivity index (χ0n) is 16.8. The first kappa shape index (κ1) is 19.9. The number of carbonyl (C=O) groups excluding carboxylic acids is 2. The van der Waals surface area contributed by atoms with E-state index in [2.05, 4.69) is 16.7 Å². The Hall–Kier alpha value is -1.88. The van der Waals surface area contributed by atoms with Gasteiger partial charge in [0.1, 0.15) is 0 Å². The molecular weight excluding hydrogens is 338 g/mol. The first-order valence-electron chi connectivity index (χ1n) is 10.4. The van der Waals surface area contributed by atoms with E-state index in [1.165, 1.54) is 6.42 Å². The molecule has 0 radical (unpaired) electrons. The van der Waals surface area contributed by atoms with E-state index >= 15 is 0 Å². The molecule has 27 heavy (non-hydrogen) atoms. The molecule has 0 spiro atoms. The van der Waals surface area contributed by atoms with Crippen LogP contribution in [0.1, 0.15) is 39.5 Å². The number of nitrogens with zero attached hydrogens (tertiary/aromatic N) is 3. The molecular formula is C22H33N3O2. The van der Waals surface area contributed by atoms with Crippen molar-refractivity contribution >= 4 is 17.5 Å². The Morgan fingerprint density at radius 2 is 1.78 bits per heavy atom. The molecule has 2 amide bonds. The molecule has 3 rings (SSSR count). The number of hydrogen-bond donors (Lipinski definition) is 0. The molecule has 0 N–H and O–H groups in total. The maximum absolute atomic E-state index is 12.8. The van der Waals surface area contributed by atoms with Gasteiger partial charge >= 0.3 is 0 Å². The lowest BCUT2D eigenvalue weighted by molar-refractivity contribution is -0.138. The van der Waals surface area contributed by atoms with Gasteiger partial charge in [0.25, 0.3) is 0 Å². The Morgan fingerprint density at radius 3 is 2.41 bits per heavy atom. The minimum atomic E-state index is 0.137. The van der Waals surface area contributed by atoms with Crippen molar-refractivity contribution in [3.8, 4) is 0 Å². The standard InChI is InChI=1S/C22H33N3O2/c1-3-25(20-9-5-4-6-10-20)21(26)17-23-14-11-19(12-15-23)22(27)24-13-7-8-18(2)16-24/h4-6,9-10,18-19H,3,7-8,11-17H2,1-2H3. The molecule has 5 heteroatoms. The van der Waals surface area contributed by atoms with E-state index in [9.17, 15) is 9.59 Å². The highest BCUT2D eigenvalue weighted by molar-refractivity contribution is 5.94. The number of hydrogen-bond acceptors (Lipinski definition) is 3. The molecule has 1 atom stereocenters. The van der Waals surface area contributed by atoms with Crippen molar-refractivity contribution in [2.45, 2.75) is 39.5 Å². The van der Waals surface area contributed by atoms with Gasteiger partial charge in [0.05, 0.1) is 6.54 Å². The van der Waals surface area contributed by atoms with Crippen LogP contribution in [0.3, 0.4) is 0 Å². The molecule has 0 saturated carbocycles. The maximum Gasteiger partial charge on any atom is 0.241 e. The average Bonchev–Trinajstić information content (AvgIpc) is 2.69. The molecule has 1 aromatic rings. The second kappa shape index (κ2) is 9.36. The van der Waals surface area contributed by atoms with Crippen LogP contribution in [-0.4, -0.2) is 60.9 Å². The summed E-state index contributed by atoms with van der Waals surface area (Å²) >= 11 is 0. The summed E-state index contributed by atoms with van der Waals surface area (Å²) in [5, 5.41) is 0. The van der Waals surface area contributed by atoms with Gasteiger partial charge in [-0.25, -0.2) is 0 Å².